The first kappa shape index (κ1) is 14.5. The lowest BCUT2D eigenvalue weighted by molar-refractivity contribution is -0.167. The summed E-state index contributed by atoms with van der Waals surface area (Å²) in [5.74, 6) is -3.73. The van der Waals surface area contributed by atoms with Crippen LogP contribution in [0.4, 0.5) is 0 Å². The van der Waals surface area contributed by atoms with Crippen molar-refractivity contribution in [3.05, 3.63) is 29.8 Å². The van der Waals surface area contributed by atoms with Crippen molar-refractivity contribution in [2.24, 2.45) is 5.41 Å². The number of carboxylic acids is 1. The first-order valence-corrected chi connectivity index (χ1v) is 7.54. The summed E-state index contributed by atoms with van der Waals surface area (Å²) < 4.78 is 28.8. The zero-order valence-electron chi connectivity index (χ0n) is 11.0. The lowest BCUT2D eigenvalue weighted by Crippen LogP contribution is -2.43. The van der Waals surface area contributed by atoms with Gasteiger partial charge in [-0.3, -0.25) is 9.59 Å². The van der Waals surface area contributed by atoms with Gasteiger partial charge in [0, 0.05) is 5.92 Å². The molecule has 108 valence electrons. The van der Waals surface area contributed by atoms with E-state index in [2.05, 4.69) is 4.74 Å². The largest absolute Gasteiger partial charge is 0.480 e. The number of aliphatic carboxylic acids is 1. The lowest BCUT2D eigenvalue weighted by atomic mass is 9.74. The van der Waals surface area contributed by atoms with Crippen LogP contribution in [-0.2, 0) is 24.2 Å². The van der Waals surface area contributed by atoms with E-state index in [-0.39, 0.29) is 4.90 Å². The third kappa shape index (κ3) is 1.89. The minimum Gasteiger partial charge on any atom is -0.480 e. The average molecular weight is 298 g/mol. The third-order valence-electron chi connectivity index (χ3n) is 3.77. The molecule has 0 aromatic heterocycles. The maximum absolute atomic E-state index is 12.1. The van der Waals surface area contributed by atoms with Gasteiger partial charge in [-0.2, -0.15) is 0 Å². The second-order valence-electron chi connectivity index (χ2n) is 4.87. The number of rotatable bonds is 3. The number of carbonyl (C=O) groups excluding carboxylic acids is 1. The van der Waals surface area contributed by atoms with Crippen molar-refractivity contribution in [3.63, 3.8) is 0 Å². The van der Waals surface area contributed by atoms with Gasteiger partial charge in [-0.05, 0) is 18.6 Å². The van der Waals surface area contributed by atoms with E-state index in [4.69, 9.17) is 0 Å². The summed E-state index contributed by atoms with van der Waals surface area (Å²) in [4.78, 5) is 23.5. The molecule has 7 heteroatoms. The molecular formula is C13H14O6S. The molecule has 0 fully saturated rings. The highest BCUT2D eigenvalue weighted by molar-refractivity contribution is 7.91. The lowest BCUT2D eigenvalue weighted by Gasteiger charge is -2.28. The zero-order valence-corrected chi connectivity index (χ0v) is 11.8. The fourth-order valence-electron chi connectivity index (χ4n) is 2.52. The summed E-state index contributed by atoms with van der Waals surface area (Å²) in [6.45, 7) is 1.20. The summed E-state index contributed by atoms with van der Waals surface area (Å²) in [6, 6.07) is 6.14. The molecular weight excluding hydrogens is 284 g/mol. The van der Waals surface area contributed by atoms with Gasteiger partial charge in [0.2, 0.25) is 0 Å². The monoisotopic (exact) mass is 298 g/mol. The Morgan fingerprint density at radius 2 is 1.95 bits per heavy atom. The second-order valence-corrected chi connectivity index (χ2v) is 6.87. The van der Waals surface area contributed by atoms with Crippen molar-refractivity contribution in [1.82, 2.24) is 0 Å². The number of methoxy groups -OCH3 is 1. The number of benzene rings is 1. The van der Waals surface area contributed by atoms with Crippen molar-refractivity contribution in [2.45, 2.75) is 17.7 Å². The van der Waals surface area contributed by atoms with E-state index in [0.717, 1.165) is 7.11 Å². The van der Waals surface area contributed by atoms with Gasteiger partial charge in [0.15, 0.2) is 15.3 Å². The average Bonchev–Trinajstić information content (AvgIpc) is 2.69. The van der Waals surface area contributed by atoms with Crippen LogP contribution in [0.3, 0.4) is 0 Å². The summed E-state index contributed by atoms with van der Waals surface area (Å²) in [5.41, 5.74) is -1.59. The molecule has 6 nitrogen and oxygen atoms in total. The first-order valence-electron chi connectivity index (χ1n) is 5.88. The maximum atomic E-state index is 12.1. The highest BCUT2D eigenvalue weighted by atomic mass is 32.2. The van der Waals surface area contributed by atoms with Crippen LogP contribution in [0.5, 0.6) is 0 Å². The maximum Gasteiger partial charge on any atom is 0.323 e. The number of carbonyl (C=O) groups is 2. The molecule has 1 aromatic rings. The topological polar surface area (TPSA) is 97.7 Å². The number of sulfone groups is 1. The molecule has 0 saturated carbocycles. The van der Waals surface area contributed by atoms with Crippen LogP contribution in [-0.4, -0.2) is 38.3 Å². The van der Waals surface area contributed by atoms with Gasteiger partial charge in [0.1, 0.15) is 0 Å². The van der Waals surface area contributed by atoms with Crippen molar-refractivity contribution < 1.29 is 27.9 Å². The van der Waals surface area contributed by atoms with E-state index in [1.54, 1.807) is 12.1 Å². The van der Waals surface area contributed by atoms with E-state index in [9.17, 15) is 23.1 Å². The molecule has 1 N–H and O–H groups in total. The zero-order chi connectivity index (χ0) is 15.1. The standard InChI is InChI=1S/C13H14O6S/c1-13(11(14)15,12(16)19-2)9-7-20(17,18)10-6-4-3-5-8(9)10/h3-6,9H,7H2,1-2H3,(H,14,15). The number of ether oxygens (including phenoxy) is 1. The SMILES string of the molecule is COC(=O)C(C)(C(=O)O)C1CS(=O)(=O)c2ccccc21. The highest BCUT2D eigenvalue weighted by Gasteiger charge is 2.55. The van der Waals surface area contributed by atoms with Gasteiger partial charge in [0.05, 0.1) is 17.8 Å². The highest BCUT2D eigenvalue weighted by Crippen LogP contribution is 2.46. The Morgan fingerprint density at radius 1 is 1.35 bits per heavy atom. The van der Waals surface area contributed by atoms with Crippen LogP contribution in [0.25, 0.3) is 0 Å². The molecule has 1 aromatic carbocycles. The van der Waals surface area contributed by atoms with Crippen LogP contribution in [0.2, 0.25) is 0 Å². The predicted molar refractivity (Wildman–Crippen MR) is 69.0 cm³/mol. The third-order valence-corrected chi connectivity index (χ3v) is 5.58. The van der Waals surface area contributed by atoms with Crippen LogP contribution >= 0.6 is 0 Å². The van der Waals surface area contributed by atoms with Crippen molar-refractivity contribution in [3.8, 4) is 0 Å². The van der Waals surface area contributed by atoms with Gasteiger partial charge in [0.25, 0.3) is 0 Å². The van der Waals surface area contributed by atoms with Gasteiger partial charge < -0.3 is 9.84 Å². The normalized spacial score (nSPS) is 22.6. The van der Waals surface area contributed by atoms with E-state index >= 15 is 0 Å². The minimum atomic E-state index is -3.58. The number of hydrogen-bond donors (Lipinski definition) is 1. The Labute approximate surface area is 116 Å². The van der Waals surface area contributed by atoms with E-state index in [1.165, 1.54) is 19.1 Å². The molecule has 1 aliphatic heterocycles. The summed E-state index contributed by atoms with van der Waals surface area (Å²) >= 11 is 0. The quantitative estimate of drug-likeness (QED) is 0.655. The summed E-state index contributed by atoms with van der Waals surface area (Å²) in [5, 5.41) is 9.39. The first-order chi connectivity index (χ1) is 9.25. The van der Waals surface area contributed by atoms with Crippen LogP contribution in [0.1, 0.15) is 18.4 Å². The Kier molecular flexibility index (Phi) is 3.33. The van der Waals surface area contributed by atoms with Crippen molar-refractivity contribution in [2.75, 3.05) is 12.9 Å². The molecule has 2 rings (SSSR count). The van der Waals surface area contributed by atoms with Crippen LogP contribution < -0.4 is 0 Å². The Morgan fingerprint density at radius 3 is 2.50 bits per heavy atom. The number of carboxylic acid groups (broad SMARTS) is 1. The molecule has 1 heterocycles. The number of esters is 1. The molecule has 0 aliphatic carbocycles. The molecule has 20 heavy (non-hydrogen) atoms. The van der Waals surface area contributed by atoms with Crippen LogP contribution in [0, 0.1) is 5.41 Å². The molecule has 2 atom stereocenters. The molecule has 0 spiro atoms. The Balaban J connectivity index is 2.65. The number of hydrogen-bond acceptors (Lipinski definition) is 5. The Bertz CT molecular complexity index is 678. The fourth-order valence-corrected chi connectivity index (χ4v) is 4.51. The number of fused-ring (bicyclic) bond motifs is 1. The van der Waals surface area contributed by atoms with Gasteiger partial charge in [-0.25, -0.2) is 8.42 Å². The van der Waals surface area contributed by atoms with Crippen molar-refractivity contribution in [1.29, 1.82) is 0 Å². The fraction of sp³-hybridized carbons (Fsp3) is 0.385. The van der Waals surface area contributed by atoms with Crippen molar-refractivity contribution >= 4 is 21.8 Å². The summed E-state index contributed by atoms with van der Waals surface area (Å²) in [6.07, 6.45) is 0. The van der Waals surface area contributed by atoms with Gasteiger partial charge in [-0.15, -0.1) is 0 Å². The van der Waals surface area contributed by atoms with Gasteiger partial charge in [-0.1, -0.05) is 18.2 Å². The molecule has 0 amide bonds. The molecule has 2 unspecified atom stereocenters. The Hall–Kier alpha value is -1.89. The molecule has 1 aliphatic rings. The predicted octanol–water partition coefficient (Wildman–Crippen LogP) is 0.821. The van der Waals surface area contributed by atoms with E-state index in [0.29, 0.717) is 5.56 Å². The molecule has 0 radical (unpaired) electrons. The molecule has 0 bridgehead atoms. The summed E-state index contributed by atoms with van der Waals surface area (Å²) in [7, 11) is -2.50. The van der Waals surface area contributed by atoms with E-state index < -0.39 is 38.9 Å². The van der Waals surface area contributed by atoms with Crippen LogP contribution in [0.15, 0.2) is 29.2 Å². The smallest absolute Gasteiger partial charge is 0.323 e. The van der Waals surface area contributed by atoms with Gasteiger partial charge >= 0.3 is 11.9 Å². The molecule has 0 saturated heterocycles. The minimum absolute atomic E-state index is 0.0846. The second kappa shape index (κ2) is 4.59. The van der Waals surface area contributed by atoms with E-state index in [1.807, 2.05) is 0 Å².